The molecule has 8 heteroatoms. The van der Waals surface area contributed by atoms with E-state index in [1.54, 1.807) is 9.80 Å². The number of pyridine rings is 1. The Hall–Kier alpha value is -2.22. The number of fused-ring (bicyclic) bond motifs is 1. The van der Waals surface area contributed by atoms with Crippen LogP contribution >= 0.6 is 0 Å². The van der Waals surface area contributed by atoms with E-state index in [0.717, 1.165) is 31.2 Å². The van der Waals surface area contributed by atoms with Crippen molar-refractivity contribution in [1.29, 1.82) is 0 Å². The molecule has 1 aliphatic heterocycles. The average molecular weight is 438 g/mol. The van der Waals surface area contributed by atoms with Crippen LogP contribution in [0.2, 0.25) is 0 Å². The molecule has 164 valence electrons. The minimum atomic E-state index is -3.94. The fourth-order valence-corrected chi connectivity index (χ4v) is 5.23. The van der Waals surface area contributed by atoms with Crippen molar-refractivity contribution in [2.24, 2.45) is 0 Å². The summed E-state index contributed by atoms with van der Waals surface area (Å²) in [5.74, 6) is -2.32. The number of halogens is 2. The summed E-state index contributed by atoms with van der Waals surface area (Å²) in [6.07, 6.45) is 3.36. The molecule has 2 heterocycles. The summed E-state index contributed by atoms with van der Waals surface area (Å²) < 4.78 is 56.3. The molecule has 1 aliphatic rings. The Bertz CT molecular complexity index is 960. The maximum atomic E-state index is 15.6. The Morgan fingerprint density at radius 3 is 2.30 bits per heavy atom. The Balaban J connectivity index is 2.07. The van der Waals surface area contributed by atoms with Crippen molar-refractivity contribution in [2.45, 2.75) is 51.0 Å². The van der Waals surface area contributed by atoms with Crippen LogP contribution in [0.15, 0.2) is 35.2 Å². The average Bonchev–Trinajstić information content (AvgIpc) is 2.73. The largest absolute Gasteiger partial charge is 0.361 e. The van der Waals surface area contributed by atoms with Crippen LogP contribution in [0.1, 0.15) is 45.1 Å². The zero-order chi connectivity index (χ0) is 21.7. The number of hydrogen-bond acceptors (Lipinski definition) is 5. The van der Waals surface area contributed by atoms with Crippen molar-refractivity contribution < 1.29 is 17.2 Å². The minimum Gasteiger partial charge on any atom is -0.361 e. The first-order valence-electron chi connectivity index (χ1n) is 10.5. The van der Waals surface area contributed by atoms with E-state index in [4.69, 9.17) is 0 Å². The van der Waals surface area contributed by atoms with Crippen molar-refractivity contribution in [1.82, 2.24) is 4.98 Å². The fourth-order valence-electron chi connectivity index (χ4n) is 3.69. The molecular weight excluding hydrogens is 408 g/mol. The highest BCUT2D eigenvalue weighted by Crippen LogP contribution is 2.38. The second-order valence-electron chi connectivity index (χ2n) is 7.64. The molecule has 0 aliphatic carbocycles. The zero-order valence-electron chi connectivity index (χ0n) is 17.6. The first kappa shape index (κ1) is 22.5. The summed E-state index contributed by atoms with van der Waals surface area (Å²) in [5, 5.41) is 0. The first-order chi connectivity index (χ1) is 14.4. The van der Waals surface area contributed by atoms with Crippen molar-refractivity contribution in [3.8, 4) is 0 Å². The first-order valence-corrected chi connectivity index (χ1v) is 12.2. The molecule has 0 N–H and O–H groups in total. The van der Waals surface area contributed by atoms with Crippen LogP contribution in [0, 0.1) is 11.8 Å². The topological polar surface area (TPSA) is 53.5 Å². The number of nitrogens with zero attached hydrogens (tertiary/aromatic N) is 3. The van der Waals surface area contributed by atoms with Gasteiger partial charge in [-0.3, -0.25) is 0 Å². The summed E-state index contributed by atoms with van der Waals surface area (Å²) in [4.78, 5) is 6.63. The predicted molar refractivity (Wildman–Crippen MR) is 116 cm³/mol. The number of sulfone groups is 1. The van der Waals surface area contributed by atoms with E-state index in [9.17, 15) is 8.42 Å². The quantitative estimate of drug-likeness (QED) is 0.539. The van der Waals surface area contributed by atoms with Gasteiger partial charge in [0.2, 0.25) is 5.95 Å². The van der Waals surface area contributed by atoms with Gasteiger partial charge in [0.15, 0.2) is 21.5 Å². The third-order valence-corrected chi connectivity index (χ3v) is 7.06. The Kier molecular flexibility index (Phi) is 7.28. The normalized spacial score (nSPS) is 15.1. The molecule has 0 unspecified atom stereocenters. The van der Waals surface area contributed by atoms with Gasteiger partial charge in [0.25, 0.3) is 0 Å². The Labute approximate surface area is 177 Å². The Morgan fingerprint density at radius 2 is 1.70 bits per heavy atom. The highest BCUT2D eigenvalue weighted by Gasteiger charge is 2.37. The molecule has 0 amide bonds. The van der Waals surface area contributed by atoms with Crippen LogP contribution in [0.25, 0.3) is 0 Å². The molecule has 0 spiro atoms. The number of aromatic nitrogens is 1. The number of benzene rings is 1. The molecule has 0 atom stereocenters. The van der Waals surface area contributed by atoms with E-state index in [1.165, 1.54) is 0 Å². The van der Waals surface area contributed by atoms with Crippen LogP contribution in [0.3, 0.4) is 0 Å². The monoisotopic (exact) mass is 437 g/mol. The molecule has 0 bridgehead atoms. The number of rotatable bonds is 9. The van der Waals surface area contributed by atoms with Crippen molar-refractivity contribution >= 4 is 21.3 Å². The molecule has 3 rings (SSSR count). The van der Waals surface area contributed by atoms with E-state index in [-0.39, 0.29) is 30.3 Å². The smallest absolute Gasteiger partial charge is 0.239 e. The van der Waals surface area contributed by atoms with Gasteiger partial charge < -0.3 is 9.80 Å². The lowest BCUT2D eigenvalue weighted by atomic mass is 10.2. The van der Waals surface area contributed by atoms with Gasteiger partial charge in [-0.15, -0.1) is 0 Å². The number of unbranched alkanes of at least 4 members (excludes halogenated alkanes) is 2. The lowest BCUT2D eigenvalue weighted by Crippen LogP contribution is -2.38. The second-order valence-corrected chi connectivity index (χ2v) is 9.68. The van der Waals surface area contributed by atoms with Crippen LogP contribution in [0.5, 0.6) is 0 Å². The summed E-state index contributed by atoms with van der Waals surface area (Å²) >= 11 is 0. The van der Waals surface area contributed by atoms with Gasteiger partial charge in [-0.1, -0.05) is 57.0 Å². The van der Waals surface area contributed by atoms with Gasteiger partial charge in [0.05, 0.1) is 5.75 Å². The third-order valence-electron chi connectivity index (χ3n) is 5.35. The highest BCUT2D eigenvalue weighted by molar-refractivity contribution is 7.91. The van der Waals surface area contributed by atoms with Crippen LogP contribution in [-0.2, 0) is 16.4 Å². The lowest BCUT2D eigenvalue weighted by Gasteiger charge is -2.33. The molecule has 0 radical (unpaired) electrons. The number of anilines is 2. The van der Waals surface area contributed by atoms with Crippen molar-refractivity contribution in [2.75, 3.05) is 35.2 Å². The molecular formula is C22H29F2N3O2S. The maximum absolute atomic E-state index is 15.6. The van der Waals surface area contributed by atoms with Crippen LogP contribution < -0.4 is 9.80 Å². The molecule has 0 saturated heterocycles. The predicted octanol–water partition coefficient (Wildman–Crippen LogP) is 4.56. The molecule has 1 aromatic heterocycles. The van der Waals surface area contributed by atoms with Gasteiger partial charge in [-0.2, -0.15) is 9.37 Å². The standard InChI is InChI=1S/C22H29F2N3O2S/c1-3-5-12-26(13-6-4-2)22-18(23)20-19(21(24)25-22)27(14-15-30(20,28)29)16-17-10-8-7-9-11-17/h7-11H,3-6,12-16H2,1-2H3. The van der Waals surface area contributed by atoms with Gasteiger partial charge in [-0.05, 0) is 18.4 Å². The summed E-state index contributed by atoms with van der Waals surface area (Å²) in [7, 11) is -3.94. The zero-order valence-corrected chi connectivity index (χ0v) is 18.4. The summed E-state index contributed by atoms with van der Waals surface area (Å²) in [6.45, 7) is 5.42. The molecule has 0 fully saturated rings. The minimum absolute atomic E-state index is 0.0942. The van der Waals surface area contributed by atoms with Gasteiger partial charge >= 0.3 is 0 Å². The fraction of sp³-hybridized carbons (Fsp3) is 0.500. The van der Waals surface area contributed by atoms with E-state index in [2.05, 4.69) is 4.98 Å². The van der Waals surface area contributed by atoms with E-state index < -0.39 is 26.5 Å². The number of hydrogen-bond donors (Lipinski definition) is 0. The Morgan fingerprint density at radius 1 is 1.07 bits per heavy atom. The SMILES string of the molecule is CCCCN(CCCC)c1nc(F)c2c(c1F)S(=O)(=O)CCN2Cc1ccccc1. The second kappa shape index (κ2) is 9.73. The molecule has 0 saturated carbocycles. The van der Waals surface area contributed by atoms with E-state index >= 15 is 8.78 Å². The molecule has 2 aromatic rings. The lowest BCUT2D eigenvalue weighted by molar-refractivity contribution is 0.510. The summed E-state index contributed by atoms with van der Waals surface area (Å²) in [5.41, 5.74) is 0.636. The highest BCUT2D eigenvalue weighted by atomic mass is 32.2. The maximum Gasteiger partial charge on any atom is 0.239 e. The third kappa shape index (κ3) is 4.74. The molecule has 1 aromatic carbocycles. The van der Waals surface area contributed by atoms with E-state index in [1.807, 2.05) is 44.2 Å². The molecule has 30 heavy (non-hydrogen) atoms. The van der Waals surface area contributed by atoms with Crippen molar-refractivity contribution in [3.63, 3.8) is 0 Å². The van der Waals surface area contributed by atoms with Gasteiger partial charge in [-0.25, -0.2) is 12.8 Å². The van der Waals surface area contributed by atoms with Crippen molar-refractivity contribution in [3.05, 3.63) is 47.7 Å². The van der Waals surface area contributed by atoms with Gasteiger partial charge in [0, 0.05) is 26.2 Å². The van der Waals surface area contributed by atoms with E-state index in [0.29, 0.717) is 13.1 Å². The summed E-state index contributed by atoms with van der Waals surface area (Å²) in [6, 6.07) is 9.32. The van der Waals surface area contributed by atoms with Gasteiger partial charge in [0.1, 0.15) is 10.6 Å². The molecule has 5 nitrogen and oxygen atoms in total. The van der Waals surface area contributed by atoms with Crippen LogP contribution in [0.4, 0.5) is 20.3 Å². The van der Waals surface area contributed by atoms with Crippen LogP contribution in [-0.4, -0.2) is 38.8 Å².